The van der Waals surface area contributed by atoms with Gasteiger partial charge < -0.3 is 9.32 Å². The molecule has 2 aliphatic heterocycles. The Kier molecular flexibility index (Phi) is 6.19. The van der Waals surface area contributed by atoms with Gasteiger partial charge in [-0.1, -0.05) is 13.3 Å². The van der Waals surface area contributed by atoms with Crippen LogP contribution >= 0.6 is 0 Å². The zero-order valence-corrected chi connectivity index (χ0v) is 20.0. The van der Waals surface area contributed by atoms with Crippen LogP contribution < -0.4 is 0 Å². The molecule has 6 nitrogen and oxygen atoms in total. The molecule has 0 spiro atoms. The number of furan rings is 1. The molecule has 7 heteroatoms. The van der Waals surface area contributed by atoms with Gasteiger partial charge in [-0.05, 0) is 76.5 Å². The van der Waals surface area contributed by atoms with Crippen LogP contribution in [0.2, 0.25) is 0 Å². The molecule has 0 unspecified atom stereocenters. The van der Waals surface area contributed by atoms with Crippen molar-refractivity contribution in [3.05, 3.63) is 28.5 Å². The molecule has 0 saturated carbocycles. The second-order valence-corrected chi connectivity index (χ2v) is 10.9. The molecule has 170 valence electrons. The van der Waals surface area contributed by atoms with E-state index in [4.69, 9.17) is 4.42 Å². The molecule has 2 aliphatic rings. The molecule has 1 aromatic carbocycles. The Bertz CT molecular complexity index is 1100. The second kappa shape index (κ2) is 8.58. The average Bonchev–Trinajstić information content (AvgIpc) is 3.09. The molecular weight excluding hydrogens is 412 g/mol. The van der Waals surface area contributed by atoms with E-state index in [0.717, 1.165) is 74.5 Å². The van der Waals surface area contributed by atoms with Gasteiger partial charge in [-0.25, -0.2) is 8.42 Å². The van der Waals surface area contributed by atoms with E-state index in [1.54, 1.807) is 4.31 Å². The lowest BCUT2D eigenvalue weighted by molar-refractivity contribution is 0.0693. The summed E-state index contributed by atoms with van der Waals surface area (Å²) in [6.07, 6.45) is 6.74. The second-order valence-electron chi connectivity index (χ2n) is 9.11. The normalized spacial score (nSPS) is 21.0. The summed E-state index contributed by atoms with van der Waals surface area (Å²) in [6, 6.07) is 1.97. The summed E-state index contributed by atoms with van der Waals surface area (Å²) in [5.74, 6) is 0.153. The van der Waals surface area contributed by atoms with Crippen molar-refractivity contribution in [3.63, 3.8) is 0 Å². The molecule has 2 aromatic rings. The fourth-order valence-electron chi connectivity index (χ4n) is 5.11. The summed E-state index contributed by atoms with van der Waals surface area (Å²) in [7, 11) is -3.74. The smallest absolute Gasteiger partial charge is 0.289 e. The number of aryl methyl sites for hydroxylation is 2. The lowest BCUT2D eigenvalue weighted by Crippen LogP contribution is -2.43. The van der Waals surface area contributed by atoms with Crippen molar-refractivity contribution in [1.82, 2.24) is 9.21 Å². The van der Waals surface area contributed by atoms with Crippen LogP contribution in [0.3, 0.4) is 0 Å². The molecule has 0 N–H and O–H groups in total. The third-order valence-corrected chi connectivity index (χ3v) is 9.25. The predicted octanol–water partition coefficient (Wildman–Crippen LogP) is 4.94. The number of hydrogen-bond acceptors (Lipinski definition) is 4. The van der Waals surface area contributed by atoms with E-state index in [2.05, 4.69) is 0 Å². The first-order valence-electron chi connectivity index (χ1n) is 11.6. The van der Waals surface area contributed by atoms with Crippen LogP contribution in [0.1, 0.15) is 79.1 Å². The van der Waals surface area contributed by atoms with Crippen molar-refractivity contribution < 1.29 is 17.6 Å². The number of piperidine rings is 2. The minimum atomic E-state index is -3.74. The third kappa shape index (κ3) is 3.80. The van der Waals surface area contributed by atoms with E-state index in [9.17, 15) is 13.2 Å². The third-order valence-electron chi connectivity index (χ3n) is 7.14. The number of likely N-dealkylation sites (tertiary alicyclic amines) is 1. The first-order chi connectivity index (χ1) is 14.8. The molecule has 0 aliphatic carbocycles. The molecule has 0 radical (unpaired) electrons. The summed E-state index contributed by atoms with van der Waals surface area (Å²) >= 11 is 0. The van der Waals surface area contributed by atoms with Gasteiger partial charge in [0.1, 0.15) is 4.90 Å². The summed E-state index contributed by atoms with van der Waals surface area (Å²) in [4.78, 5) is 15.3. The molecule has 4 rings (SSSR count). The van der Waals surface area contributed by atoms with Crippen LogP contribution in [0.25, 0.3) is 11.0 Å². The predicted molar refractivity (Wildman–Crippen MR) is 122 cm³/mol. The van der Waals surface area contributed by atoms with Crippen molar-refractivity contribution in [2.75, 3.05) is 19.6 Å². The average molecular weight is 447 g/mol. The van der Waals surface area contributed by atoms with Crippen molar-refractivity contribution in [1.29, 1.82) is 0 Å². The number of hydrogen-bond donors (Lipinski definition) is 0. The van der Waals surface area contributed by atoms with Gasteiger partial charge in [-0.15, -0.1) is 0 Å². The Morgan fingerprint density at radius 3 is 2.39 bits per heavy atom. The SMILES string of the molecule is CC[C@H]1CCCCN1S(=O)(=O)c1c(C)c(C)cc2c(C)c(C(=O)N3CCCCC3)oc12. The Labute approximate surface area is 185 Å². The number of nitrogens with zero attached hydrogens (tertiary/aromatic N) is 2. The topological polar surface area (TPSA) is 70.8 Å². The highest BCUT2D eigenvalue weighted by molar-refractivity contribution is 7.89. The minimum Gasteiger partial charge on any atom is -0.449 e. The fraction of sp³-hybridized carbons (Fsp3) is 0.625. The van der Waals surface area contributed by atoms with Crippen LogP contribution in [0.15, 0.2) is 15.4 Å². The fourth-order valence-corrected chi connectivity index (χ4v) is 7.30. The van der Waals surface area contributed by atoms with Crippen molar-refractivity contribution in [2.24, 2.45) is 0 Å². The number of sulfonamides is 1. The molecule has 0 bridgehead atoms. The van der Waals surface area contributed by atoms with E-state index in [1.807, 2.05) is 38.7 Å². The minimum absolute atomic E-state index is 0.0132. The molecule has 1 atom stereocenters. The van der Waals surface area contributed by atoms with E-state index < -0.39 is 10.0 Å². The summed E-state index contributed by atoms with van der Waals surface area (Å²) in [6.45, 7) is 9.67. The van der Waals surface area contributed by atoms with Crippen LogP contribution in [0.4, 0.5) is 0 Å². The van der Waals surface area contributed by atoms with Gasteiger partial charge >= 0.3 is 0 Å². The first kappa shape index (κ1) is 22.3. The van der Waals surface area contributed by atoms with Gasteiger partial charge in [0.25, 0.3) is 5.91 Å². The number of amides is 1. The Morgan fingerprint density at radius 1 is 1.03 bits per heavy atom. The molecule has 1 amide bonds. The maximum atomic E-state index is 13.9. The van der Waals surface area contributed by atoms with Gasteiger partial charge in [-0.3, -0.25) is 4.79 Å². The first-order valence-corrected chi connectivity index (χ1v) is 13.1. The summed E-state index contributed by atoms with van der Waals surface area (Å²) in [5.41, 5.74) is 2.67. The monoisotopic (exact) mass is 446 g/mol. The quantitative estimate of drug-likeness (QED) is 0.667. The van der Waals surface area contributed by atoms with Gasteiger partial charge in [0, 0.05) is 36.6 Å². The van der Waals surface area contributed by atoms with Gasteiger partial charge in [0.2, 0.25) is 10.0 Å². The lowest BCUT2D eigenvalue weighted by atomic mass is 10.0. The zero-order valence-electron chi connectivity index (χ0n) is 19.2. The zero-order chi connectivity index (χ0) is 22.3. The maximum Gasteiger partial charge on any atom is 0.289 e. The van der Waals surface area contributed by atoms with Crippen molar-refractivity contribution >= 4 is 26.9 Å². The maximum absolute atomic E-state index is 13.9. The van der Waals surface area contributed by atoms with Crippen molar-refractivity contribution in [2.45, 2.75) is 83.6 Å². The largest absolute Gasteiger partial charge is 0.449 e. The summed E-state index contributed by atoms with van der Waals surface area (Å²) < 4.78 is 35.6. The highest BCUT2D eigenvalue weighted by Crippen LogP contribution is 2.38. The Hall–Kier alpha value is -1.86. The number of rotatable bonds is 4. The number of benzene rings is 1. The van der Waals surface area contributed by atoms with Crippen LogP contribution in [-0.4, -0.2) is 49.2 Å². The van der Waals surface area contributed by atoms with Crippen LogP contribution in [-0.2, 0) is 10.0 Å². The van der Waals surface area contributed by atoms with Gasteiger partial charge in [-0.2, -0.15) is 4.31 Å². The highest BCUT2D eigenvalue weighted by Gasteiger charge is 2.37. The Morgan fingerprint density at radius 2 is 1.71 bits per heavy atom. The van der Waals surface area contributed by atoms with Gasteiger partial charge in [0.15, 0.2) is 11.3 Å². The lowest BCUT2D eigenvalue weighted by Gasteiger charge is -2.34. The van der Waals surface area contributed by atoms with Gasteiger partial charge in [0.05, 0.1) is 0 Å². The molecule has 2 saturated heterocycles. The molecule has 1 aromatic heterocycles. The highest BCUT2D eigenvalue weighted by atomic mass is 32.2. The van der Waals surface area contributed by atoms with Crippen LogP contribution in [0, 0.1) is 20.8 Å². The number of carbonyl (C=O) groups excluding carboxylic acids is 1. The van der Waals surface area contributed by atoms with Crippen molar-refractivity contribution in [3.8, 4) is 0 Å². The molecule has 3 heterocycles. The molecule has 31 heavy (non-hydrogen) atoms. The molecule has 2 fully saturated rings. The number of fused-ring (bicyclic) bond motifs is 1. The Balaban J connectivity index is 1.87. The van der Waals surface area contributed by atoms with E-state index in [0.29, 0.717) is 17.7 Å². The van der Waals surface area contributed by atoms with E-state index in [1.165, 1.54) is 0 Å². The van der Waals surface area contributed by atoms with E-state index >= 15 is 0 Å². The van der Waals surface area contributed by atoms with E-state index in [-0.39, 0.29) is 22.6 Å². The number of carbonyl (C=O) groups is 1. The summed E-state index contributed by atoms with van der Waals surface area (Å²) in [5, 5.41) is 0.729. The molecular formula is C24H34N2O4S. The standard InChI is InChI=1S/C24H34N2O4S/c1-5-19-11-7-10-14-26(19)31(28,29)23-17(3)16(2)15-20-18(4)21(30-22(20)23)24(27)25-12-8-6-9-13-25/h15,19H,5-14H2,1-4H3/t19-/m0/s1. The van der Waals surface area contributed by atoms with Crippen LogP contribution in [0.5, 0.6) is 0 Å².